The number of aromatic nitrogens is 2. The SMILES string of the molecule is CCn1cc(NS(=O)(=O)c2cc(C)c(Cl)cc2C)c(C)n1. The molecule has 0 saturated carbocycles. The molecule has 0 saturated heterocycles. The highest BCUT2D eigenvalue weighted by atomic mass is 35.5. The van der Waals surface area contributed by atoms with Gasteiger partial charge in [-0.1, -0.05) is 11.6 Å². The number of nitrogens with one attached hydrogen (secondary N) is 1. The average Bonchev–Trinajstić information content (AvgIpc) is 2.74. The van der Waals surface area contributed by atoms with Crippen molar-refractivity contribution in [3.8, 4) is 0 Å². The number of hydrogen-bond acceptors (Lipinski definition) is 3. The first-order valence-electron chi connectivity index (χ1n) is 6.58. The van der Waals surface area contributed by atoms with E-state index in [4.69, 9.17) is 11.6 Å². The lowest BCUT2D eigenvalue weighted by Crippen LogP contribution is -2.15. The van der Waals surface area contributed by atoms with Gasteiger partial charge in [0.2, 0.25) is 0 Å². The number of rotatable bonds is 4. The third-order valence-corrected chi connectivity index (χ3v) is 5.18. The molecule has 1 N–H and O–H groups in total. The molecule has 2 aromatic rings. The Morgan fingerprint density at radius 3 is 2.48 bits per heavy atom. The van der Waals surface area contributed by atoms with E-state index in [1.54, 1.807) is 43.8 Å². The van der Waals surface area contributed by atoms with E-state index in [1.807, 2.05) is 6.92 Å². The Balaban J connectivity index is 2.43. The first-order chi connectivity index (χ1) is 9.74. The van der Waals surface area contributed by atoms with Gasteiger partial charge in [0.05, 0.1) is 16.3 Å². The minimum atomic E-state index is -3.66. The first-order valence-corrected chi connectivity index (χ1v) is 8.44. The molecule has 0 unspecified atom stereocenters. The molecule has 0 bridgehead atoms. The van der Waals surface area contributed by atoms with Gasteiger partial charge in [0.1, 0.15) is 0 Å². The van der Waals surface area contributed by atoms with E-state index >= 15 is 0 Å². The molecule has 0 amide bonds. The van der Waals surface area contributed by atoms with Crippen molar-refractivity contribution in [2.75, 3.05) is 4.72 Å². The van der Waals surface area contributed by atoms with Gasteiger partial charge in [0.25, 0.3) is 10.0 Å². The predicted molar refractivity (Wildman–Crippen MR) is 84.4 cm³/mol. The summed E-state index contributed by atoms with van der Waals surface area (Å²) in [5, 5.41) is 4.79. The Morgan fingerprint density at radius 2 is 1.90 bits per heavy atom. The summed E-state index contributed by atoms with van der Waals surface area (Å²) in [6, 6.07) is 3.24. The summed E-state index contributed by atoms with van der Waals surface area (Å²) in [7, 11) is -3.66. The van der Waals surface area contributed by atoms with Gasteiger partial charge < -0.3 is 0 Å². The van der Waals surface area contributed by atoms with Crippen molar-refractivity contribution in [3.05, 3.63) is 40.2 Å². The topological polar surface area (TPSA) is 64.0 Å². The monoisotopic (exact) mass is 327 g/mol. The van der Waals surface area contributed by atoms with Crippen LogP contribution in [0.3, 0.4) is 0 Å². The summed E-state index contributed by atoms with van der Waals surface area (Å²) in [5.74, 6) is 0. The summed E-state index contributed by atoms with van der Waals surface area (Å²) >= 11 is 6.01. The van der Waals surface area contributed by atoms with Crippen LogP contribution in [0.15, 0.2) is 23.2 Å². The second-order valence-corrected chi connectivity index (χ2v) is 7.01. The van der Waals surface area contributed by atoms with Gasteiger partial charge in [0, 0.05) is 17.8 Å². The lowest BCUT2D eigenvalue weighted by atomic mass is 10.2. The molecule has 21 heavy (non-hydrogen) atoms. The maximum absolute atomic E-state index is 12.5. The second kappa shape index (κ2) is 5.69. The molecule has 1 heterocycles. The third kappa shape index (κ3) is 3.22. The molecule has 5 nitrogen and oxygen atoms in total. The van der Waals surface area contributed by atoms with E-state index in [-0.39, 0.29) is 4.90 Å². The van der Waals surface area contributed by atoms with Crippen molar-refractivity contribution in [3.63, 3.8) is 0 Å². The van der Waals surface area contributed by atoms with Crippen molar-refractivity contribution in [2.45, 2.75) is 39.1 Å². The number of anilines is 1. The van der Waals surface area contributed by atoms with E-state index in [2.05, 4.69) is 9.82 Å². The predicted octanol–water partition coefficient (Wildman–Crippen LogP) is 3.28. The molecule has 2 rings (SSSR count). The molecule has 7 heteroatoms. The van der Waals surface area contributed by atoms with Crippen LogP contribution in [0.5, 0.6) is 0 Å². The number of sulfonamides is 1. The number of nitrogens with zero attached hydrogens (tertiary/aromatic N) is 2. The summed E-state index contributed by atoms with van der Waals surface area (Å²) < 4.78 is 29.4. The first kappa shape index (κ1) is 15.9. The van der Waals surface area contributed by atoms with Gasteiger partial charge in [-0.05, 0) is 51.0 Å². The third-order valence-electron chi connectivity index (χ3n) is 3.26. The fraction of sp³-hybridized carbons (Fsp3) is 0.357. The fourth-order valence-corrected chi connectivity index (χ4v) is 3.66. The highest BCUT2D eigenvalue weighted by Gasteiger charge is 2.20. The highest BCUT2D eigenvalue weighted by molar-refractivity contribution is 7.92. The minimum Gasteiger partial charge on any atom is -0.276 e. The average molecular weight is 328 g/mol. The Bertz CT molecular complexity index is 782. The van der Waals surface area contributed by atoms with Gasteiger partial charge in [-0.3, -0.25) is 9.40 Å². The number of benzene rings is 1. The van der Waals surface area contributed by atoms with Gasteiger partial charge in [-0.2, -0.15) is 5.10 Å². The molecule has 0 radical (unpaired) electrons. The standard InChI is InChI=1S/C14H18ClN3O2S/c1-5-18-8-13(11(4)16-18)17-21(19,20)14-7-9(2)12(15)6-10(14)3/h6-8,17H,5H2,1-4H3. The van der Waals surface area contributed by atoms with Crippen LogP contribution in [-0.2, 0) is 16.6 Å². The fourth-order valence-electron chi connectivity index (χ4n) is 2.02. The zero-order valence-corrected chi connectivity index (χ0v) is 14.0. The quantitative estimate of drug-likeness (QED) is 0.937. The van der Waals surface area contributed by atoms with Crippen LogP contribution in [0.4, 0.5) is 5.69 Å². The minimum absolute atomic E-state index is 0.230. The highest BCUT2D eigenvalue weighted by Crippen LogP contribution is 2.26. The molecule has 0 spiro atoms. The molecule has 0 aliphatic carbocycles. The Morgan fingerprint density at radius 1 is 1.24 bits per heavy atom. The smallest absolute Gasteiger partial charge is 0.262 e. The lowest BCUT2D eigenvalue weighted by Gasteiger charge is -2.11. The summed E-state index contributed by atoms with van der Waals surface area (Å²) in [6.45, 7) is 7.90. The second-order valence-electron chi connectivity index (χ2n) is 4.96. The van der Waals surface area contributed by atoms with Crippen LogP contribution in [0.1, 0.15) is 23.7 Å². The molecule has 0 atom stereocenters. The Labute approximate surface area is 130 Å². The Hall–Kier alpha value is -1.53. The molecular weight excluding hydrogens is 310 g/mol. The van der Waals surface area contributed by atoms with Crippen LogP contribution in [-0.4, -0.2) is 18.2 Å². The lowest BCUT2D eigenvalue weighted by molar-refractivity contribution is 0.600. The zero-order chi connectivity index (χ0) is 15.8. The molecule has 0 aliphatic rings. The van der Waals surface area contributed by atoms with E-state index < -0.39 is 10.0 Å². The number of hydrogen-bond donors (Lipinski definition) is 1. The van der Waals surface area contributed by atoms with Crippen LogP contribution in [0, 0.1) is 20.8 Å². The van der Waals surface area contributed by atoms with Crippen LogP contribution >= 0.6 is 11.6 Å². The van der Waals surface area contributed by atoms with E-state index in [0.717, 1.165) is 5.56 Å². The maximum Gasteiger partial charge on any atom is 0.262 e. The molecular formula is C14H18ClN3O2S. The van der Waals surface area contributed by atoms with Crippen molar-refractivity contribution in [1.29, 1.82) is 0 Å². The number of halogens is 1. The number of aryl methyl sites for hydroxylation is 4. The molecule has 114 valence electrons. The van der Waals surface area contributed by atoms with E-state index in [9.17, 15) is 8.42 Å². The van der Waals surface area contributed by atoms with Gasteiger partial charge in [-0.15, -0.1) is 0 Å². The van der Waals surface area contributed by atoms with Crippen LogP contribution < -0.4 is 4.72 Å². The van der Waals surface area contributed by atoms with Gasteiger partial charge in [0.15, 0.2) is 0 Å². The van der Waals surface area contributed by atoms with Crippen molar-refractivity contribution < 1.29 is 8.42 Å². The van der Waals surface area contributed by atoms with Crippen LogP contribution in [0.25, 0.3) is 0 Å². The van der Waals surface area contributed by atoms with Crippen molar-refractivity contribution in [1.82, 2.24) is 9.78 Å². The zero-order valence-electron chi connectivity index (χ0n) is 12.4. The van der Waals surface area contributed by atoms with Crippen LogP contribution in [0.2, 0.25) is 5.02 Å². The summed E-state index contributed by atoms with van der Waals surface area (Å²) in [5.41, 5.74) is 2.47. The largest absolute Gasteiger partial charge is 0.276 e. The summed E-state index contributed by atoms with van der Waals surface area (Å²) in [4.78, 5) is 0.230. The normalized spacial score (nSPS) is 11.7. The Kier molecular flexibility index (Phi) is 4.30. The molecule has 0 fully saturated rings. The molecule has 0 aliphatic heterocycles. The van der Waals surface area contributed by atoms with E-state index in [0.29, 0.717) is 28.5 Å². The summed E-state index contributed by atoms with van der Waals surface area (Å²) in [6.07, 6.45) is 1.69. The molecule has 1 aromatic heterocycles. The van der Waals surface area contributed by atoms with E-state index in [1.165, 1.54) is 0 Å². The van der Waals surface area contributed by atoms with Gasteiger partial charge >= 0.3 is 0 Å². The maximum atomic E-state index is 12.5. The van der Waals surface area contributed by atoms with Crippen molar-refractivity contribution >= 4 is 27.3 Å². The van der Waals surface area contributed by atoms with Gasteiger partial charge in [-0.25, -0.2) is 8.42 Å². The molecule has 1 aromatic carbocycles. The van der Waals surface area contributed by atoms with Crippen molar-refractivity contribution in [2.24, 2.45) is 0 Å².